The molecule has 0 unspecified atom stereocenters. The van der Waals surface area contributed by atoms with Crippen LogP contribution < -0.4 is 5.32 Å². The van der Waals surface area contributed by atoms with Crippen LogP contribution in [0, 0.1) is 0 Å². The minimum atomic E-state index is -2.85. The standard InChI is InChI=1S/C9H17N3O2S/c1-10-6-9-7-11-12(8-9)4-3-5-15(2,13)14/h7-8,10H,3-6H2,1-2H3. The van der Waals surface area contributed by atoms with Gasteiger partial charge in [-0.05, 0) is 13.5 Å². The number of aromatic nitrogens is 2. The van der Waals surface area contributed by atoms with E-state index in [0.29, 0.717) is 13.0 Å². The van der Waals surface area contributed by atoms with Gasteiger partial charge in [0.05, 0.1) is 11.9 Å². The monoisotopic (exact) mass is 231 g/mol. The fraction of sp³-hybridized carbons (Fsp3) is 0.667. The molecule has 1 heterocycles. The van der Waals surface area contributed by atoms with E-state index in [1.165, 1.54) is 6.26 Å². The average Bonchev–Trinajstić information content (AvgIpc) is 2.51. The Balaban J connectivity index is 2.38. The first-order chi connectivity index (χ1) is 7.01. The molecule has 0 saturated heterocycles. The largest absolute Gasteiger partial charge is 0.316 e. The van der Waals surface area contributed by atoms with Crippen LogP contribution >= 0.6 is 0 Å². The van der Waals surface area contributed by atoms with Gasteiger partial charge >= 0.3 is 0 Å². The van der Waals surface area contributed by atoms with Crippen molar-refractivity contribution in [2.45, 2.75) is 19.5 Å². The molecule has 6 heteroatoms. The zero-order valence-electron chi connectivity index (χ0n) is 9.10. The summed E-state index contributed by atoms with van der Waals surface area (Å²) in [5.74, 6) is 0.216. The minimum Gasteiger partial charge on any atom is -0.316 e. The van der Waals surface area contributed by atoms with Crippen molar-refractivity contribution in [3.63, 3.8) is 0 Å². The van der Waals surface area contributed by atoms with Crippen LogP contribution in [0.3, 0.4) is 0 Å². The lowest BCUT2D eigenvalue weighted by molar-refractivity contribution is 0.576. The predicted octanol–water partition coefficient (Wildman–Crippen LogP) is 0.0372. The molecule has 15 heavy (non-hydrogen) atoms. The molecule has 0 saturated carbocycles. The molecular formula is C9H17N3O2S. The van der Waals surface area contributed by atoms with Crippen molar-refractivity contribution in [3.05, 3.63) is 18.0 Å². The first-order valence-electron chi connectivity index (χ1n) is 4.85. The average molecular weight is 231 g/mol. The number of hydrogen-bond acceptors (Lipinski definition) is 4. The summed E-state index contributed by atoms with van der Waals surface area (Å²) in [7, 11) is -0.975. The van der Waals surface area contributed by atoms with Crippen LogP contribution in [0.2, 0.25) is 0 Å². The van der Waals surface area contributed by atoms with E-state index >= 15 is 0 Å². The molecule has 0 aromatic carbocycles. The third kappa shape index (κ3) is 4.94. The molecule has 0 spiro atoms. The van der Waals surface area contributed by atoms with Gasteiger partial charge in [0.25, 0.3) is 0 Å². The van der Waals surface area contributed by atoms with Gasteiger partial charge in [-0.2, -0.15) is 5.10 Å². The lowest BCUT2D eigenvalue weighted by Crippen LogP contribution is -2.08. The fourth-order valence-electron chi connectivity index (χ4n) is 1.31. The zero-order chi connectivity index (χ0) is 11.3. The second-order valence-corrected chi connectivity index (χ2v) is 5.89. The van der Waals surface area contributed by atoms with Crippen LogP contribution in [0.4, 0.5) is 0 Å². The molecule has 0 amide bonds. The topological polar surface area (TPSA) is 64.0 Å². The fourth-order valence-corrected chi connectivity index (χ4v) is 1.97. The van der Waals surface area contributed by atoms with Gasteiger partial charge in [-0.1, -0.05) is 0 Å². The van der Waals surface area contributed by atoms with E-state index in [-0.39, 0.29) is 5.75 Å². The molecule has 0 aliphatic carbocycles. The Morgan fingerprint density at radius 3 is 2.87 bits per heavy atom. The lowest BCUT2D eigenvalue weighted by atomic mass is 10.4. The van der Waals surface area contributed by atoms with E-state index in [0.717, 1.165) is 12.1 Å². The number of rotatable bonds is 6. The van der Waals surface area contributed by atoms with Crippen LogP contribution in [0.25, 0.3) is 0 Å². The predicted molar refractivity (Wildman–Crippen MR) is 59.3 cm³/mol. The molecule has 0 aliphatic heterocycles. The summed E-state index contributed by atoms with van der Waals surface area (Å²) in [5, 5.41) is 7.16. The third-order valence-corrected chi connectivity index (χ3v) is 3.00. The highest BCUT2D eigenvalue weighted by atomic mass is 32.2. The maximum atomic E-state index is 10.9. The van der Waals surface area contributed by atoms with Gasteiger partial charge < -0.3 is 5.32 Å². The van der Waals surface area contributed by atoms with E-state index in [9.17, 15) is 8.42 Å². The zero-order valence-corrected chi connectivity index (χ0v) is 9.92. The van der Waals surface area contributed by atoms with Crippen molar-refractivity contribution in [2.24, 2.45) is 0 Å². The molecule has 0 atom stereocenters. The summed E-state index contributed by atoms with van der Waals surface area (Å²) in [6, 6.07) is 0. The lowest BCUT2D eigenvalue weighted by Gasteiger charge is -1.99. The van der Waals surface area contributed by atoms with Crippen molar-refractivity contribution in [3.8, 4) is 0 Å². The highest BCUT2D eigenvalue weighted by Gasteiger charge is 2.02. The summed E-state index contributed by atoms with van der Waals surface area (Å²) in [5.41, 5.74) is 1.11. The Labute approximate surface area is 90.4 Å². The Bertz CT molecular complexity index is 397. The summed E-state index contributed by atoms with van der Waals surface area (Å²) in [6.07, 6.45) is 5.58. The van der Waals surface area contributed by atoms with E-state index in [1.54, 1.807) is 10.9 Å². The first kappa shape index (κ1) is 12.2. The van der Waals surface area contributed by atoms with Crippen LogP contribution in [-0.2, 0) is 22.9 Å². The SMILES string of the molecule is CNCc1cnn(CCCS(C)(=O)=O)c1. The van der Waals surface area contributed by atoms with Gasteiger partial charge in [-0.3, -0.25) is 4.68 Å². The van der Waals surface area contributed by atoms with Crippen LogP contribution in [0.5, 0.6) is 0 Å². The molecule has 0 radical (unpaired) electrons. The molecule has 1 aromatic heterocycles. The van der Waals surface area contributed by atoms with Gasteiger partial charge in [0.1, 0.15) is 9.84 Å². The van der Waals surface area contributed by atoms with Gasteiger partial charge in [0.2, 0.25) is 0 Å². The number of nitrogens with zero attached hydrogens (tertiary/aromatic N) is 2. The maximum Gasteiger partial charge on any atom is 0.147 e. The minimum absolute atomic E-state index is 0.216. The molecule has 1 aromatic rings. The Morgan fingerprint density at radius 2 is 2.27 bits per heavy atom. The third-order valence-electron chi connectivity index (χ3n) is 1.97. The summed E-state index contributed by atoms with van der Waals surface area (Å²) in [6.45, 7) is 1.43. The van der Waals surface area contributed by atoms with Gasteiger partial charge in [-0.15, -0.1) is 0 Å². The number of hydrogen-bond donors (Lipinski definition) is 1. The maximum absolute atomic E-state index is 10.9. The van der Waals surface area contributed by atoms with Crippen molar-refractivity contribution in [1.82, 2.24) is 15.1 Å². The van der Waals surface area contributed by atoms with Gasteiger partial charge in [0, 0.05) is 31.1 Å². The van der Waals surface area contributed by atoms with Crippen LogP contribution in [0.1, 0.15) is 12.0 Å². The quantitative estimate of drug-likeness (QED) is 0.750. The van der Waals surface area contributed by atoms with Crippen molar-refractivity contribution < 1.29 is 8.42 Å². The van der Waals surface area contributed by atoms with Crippen LogP contribution in [-0.4, -0.2) is 37.3 Å². The molecule has 86 valence electrons. The Kier molecular flexibility index (Phi) is 4.28. The van der Waals surface area contributed by atoms with Crippen LogP contribution in [0.15, 0.2) is 12.4 Å². The molecule has 1 rings (SSSR count). The van der Waals surface area contributed by atoms with E-state index in [2.05, 4.69) is 10.4 Å². The van der Waals surface area contributed by atoms with E-state index < -0.39 is 9.84 Å². The highest BCUT2D eigenvalue weighted by Crippen LogP contribution is 1.99. The molecule has 1 N–H and O–H groups in total. The normalized spacial score (nSPS) is 11.9. The molecule has 0 bridgehead atoms. The Morgan fingerprint density at radius 1 is 1.53 bits per heavy atom. The van der Waals surface area contributed by atoms with Crippen molar-refractivity contribution in [2.75, 3.05) is 19.1 Å². The van der Waals surface area contributed by atoms with Gasteiger partial charge in [0.15, 0.2) is 0 Å². The molecule has 0 fully saturated rings. The number of aryl methyl sites for hydroxylation is 1. The second kappa shape index (κ2) is 5.27. The van der Waals surface area contributed by atoms with E-state index in [1.807, 2.05) is 13.2 Å². The summed E-state index contributed by atoms with van der Waals surface area (Å²) < 4.78 is 23.6. The summed E-state index contributed by atoms with van der Waals surface area (Å²) >= 11 is 0. The number of nitrogens with one attached hydrogen (secondary N) is 1. The van der Waals surface area contributed by atoms with Gasteiger partial charge in [-0.25, -0.2) is 8.42 Å². The molecular weight excluding hydrogens is 214 g/mol. The number of sulfone groups is 1. The Hall–Kier alpha value is -0.880. The van der Waals surface area contributed by atoms with E-state index in [4.69, 9.17) is 0 Å². The van der Waals surface area contributed by atoms with Crippen molar-refractivity contribution >= 4 is 9.84 Å². The smallest absolute Gasteiger partial charge is 0.147 e. The summed E-state index contributed by atoms with van der Waals surface area (Å²) in [4.78, 5) is 0. The second-order valence-electron chi connectivity index (χ2n) is 3.63. The van der Waals surface area contributed by atoms with Crippen molar-refractivity contribution in [1.29, 1.82) is 0 Å². The highest BCUT2D eigenvalue weighted by molar-refractivity contribution is 7.90. The molecule has 5 nitrogen and oxygen atoms in total. The first-order valence-corrected chi connectivity index (χ1v) is 6.91. The molecule has 0 aliphatic rings.